The van der Waals surface area contributed by atoms with Gasteiger partial charge in [0.05, 0.1) is 0 Å². The summed E-state index contributed by atoms with van der Waals surface area (Å²) in [7, 11) is 1.83. The first-order valence-corrected chi connectivity index (χ1v) is 6.70. The first kappa shape index (κ1) is 14.5. The fourth-order valence-corrected chi connectivity index (χ4v) is 2.17. The molecule has 0 fully saturated rings. The van der Waals surface area contributed by atoms with Gasteiger partial charge in [0.15, 0.2) is 11.6 Å². The number of nitrogens with one attached hydrogen (secondary N) is 1. The van der Waals surface area contributed by atoms with E-state index < -0.39 is 0 Å². The smallest absolute Gasteiger partial charge is 0.166 e. The molecule has 2 aromatic rings. The lowest BCUT2D eigenvalue weighted by Crippen LogP contribution is -2.05. The Bertz CT molecular complexity index is 623. The maximum Gasteiger partial charge on any atom is 0.166 e. The molecular formula is C17H20FNO. The van der Waals surface area contributed by atoms with Crippen LogP contribution in [0.2, 0.25) is 0 Å². The van der Waals surface area contributed by atoms with Crippen molar-refractivity contribution >= 4 is 0 Å². The van der Waals surface area contributed by atoms with E-state index in [1.165, 1.54) is 6.07 Å². The molecule has 0 aliphatic heterocycles. The fourth-order valence-electron chi connectivity index (χ4n) is 2.17. The zero-order chi connectivity index (χ0) is 14.7. The number of hydrogen-bond donors (Lipinski definition) is 1. The molecule has 2 rings (SSSR count). The highest BCUT2D eigenvalue weighted by Gasteiger charge is 2.09. The van der Waals surface area contributed by atoms with Crippen molar-refractivity contribution in [2.24, 2.45) is 0 Å². The van der Waals surface area contributed by atoms with Crippen molar-refractivity contribution in [3.63, 3.8) is 0 Å². The third-order valence-corrected chi connectivity index (χ3v) is 3.36. The second-order valence-electron chi connectivity index (χ2n) is 5.10. The zero-order valence-electron chi connectivity index (χ0n) is 12.4. The summed E-state index contributed by atoms with van der Waals surface area (Å²) in [5.41, 5.74) is 4.19. The van der Waals surface area contributed by atoms with E-state index in [-0.39, 0.29) is 11.6 Å². The summed E-state index contributed by atoms with van der Waals surface area (Å²) in [6.45, 7) is 6.66. The van der Waals surface area contributed by atoms with Crippen LogP contribution in [0.15, 0.2) is 30.3 Å². The van der Waals surface area contributed by atoms with Crippen LogP contribution in [-0.4, -0.2) is 7.05 Å². The molecule has 3 heteroatoms. The Morgan fingerprint density at radius 2 is 1.80 bits per heavy atom. The van der Waals surface area contributed by atoms with Gasteiger partial charge in [-0.15, -0.1) is 0 Å². The molecule has 0 saturated heterocycles. The molecule has 0 aliphatic carbocycles. The van der Waals surface area contributed by atoms with E-state index >= 15 is 0 Å². The van der Waals surface area contributed by atoms with E-state index in [1.54, 1.807) is 6.07 Å². The van der Waals surface area contributed by atoms with Crippen LogP contribution in [0.5, 0.6) is 11.5 Å². The number of halogens is 1. The summed E-state index contributed by atoms with van der Waals surface area (Å²) in [6.07, 6.45) is 0. The molecule has 2 aromatic carbocycles. The molecule has 2 nitrogen and oxygen atoms in total. The zero-order valence-corrected chi connectivity index (χ0v) is 12.4. The van der Waals surface area contributed by atoms with Crippen molar-refractivity contribution in [2.75, 3.05) is 7.05 Å². The van der Waals surface area contributed by atoms with Gasteiger partial charge >= 0.3 is 0 Å². The Labute approximate surface area is 119 Å². The van der Waals surface area contributed by atoms with Gasteiger partial charge in [0.2, 0.25) is 0 Å². The Hall–Kier alpha value is -1.87. The predicted molar refractivity (Wildman–Crippen MR) is 79.9 cm³/mol. The van der Waals surface area contributed by atoms with Crippen molar-refractivity contribution < 1.29 is 9.13 Å². The second kappa shape index (κ2) is 6.06. The maximum atomic E-state index is 14.0. The highest BCUT2D eigenvalue weighted by Crippen LogP contribution is 2.30. The summed E-state index contributed by atoms with van der Waals surface area (Å²) >= 11 is 0. The monoisotopic (exact) mass is 273 g/mol. The topological polar surface area (TPSA) is 21.3 Å². The average molecular weight is 273 g/mol. The Kier molecular flexibility index (Phi) is 4.40. The quantitative estimate of drug-likeness (QED) is 0.898. The molecule has 0 saturated carbocycles. The van der Waals surface area contributed by atoms with E-state index in [1.807, 2.05) is 40.0 Å². The first-order valence-electron chi connectivity index (χ1n) is 6.70. The van der Waals surface area contributed by atoms with Gasteiger partial charge in [-0.3, -0.25) is 0 Å². The van der Waals surface area contributed by atoms with Crippen molar-refractivity contribution in [2.45, 2.75) is 27.3 Å². The largest absolute Gasteiger partial charge is 0.454 e. The molecule has 0 atom stereocenters. The van der Waals surface area contributed by atoms with Crippen LogP contribution in [0.25, 0.3) is 0 Å². The molecule has 0 heterocycles. The molecular weight excluding hydrogens is 253 g/mol. The van der Waals surface area contributed by atoms with Crippen LogP contribution >= 0.6 is 0 Å². The van der Waals surface area contributed by atoms with Gasteiger partial charge in [0, 0.05) is 6.54 Å². The van der Waals surface area contributed by atoms with E-state index in [2.05, 4.69) is 11.4 Å². The van der Waals surface area contributed by atoms with Gasteiger partial charge in [0.1, 0.15) is 5.75 Å². The standard InChI is InChI=1S/C17H20FNO/c1-11-7-12(2)13(3)17(8-11)20-16-6-5-14(10-19-4)9-15(16)18/h5-9,19H,10H2,1-4H3. The SMILES string of the molecule is CNCc1ccc(Oc2cc(C)cc(C)c2C)c(F)c1. The van der Waals surface area contributed by atoms with E-state index in [0.29, 0.717) is 12.3 Å². The van der Waals surface area contributed by atoms with Gasteiger partial charge in [-0.2, -0.15) is 0 Å². The number of aryl methyl sites for hydroxylation is 2. The van der Waals surface area contributed by atoms with Crippen molar-refractivity contribution in [1.82, 2.24) is 5.32 Å². The highest BCUT2D eigenvalue weighted by molar-refractivity contribution is 5.44. The normalized spacial score (nSPS) is 10.7. The molecule has 1 N–H and O–H groups in total. The van der Waals surface area contributed by atoms with Crippen LogP contribution in [0, 0.1) is 26.6 Å². The summed E-state index contributed by atoms with van der Waals surface area (Å²) < 4.78 is 19.8. The van der Waals surface area contributed by atoms with Crippen LogP contribution in [0.3, 0.4) is 0 Å². The molecule has 0 spiro atoms. The number of rotatable bonds is 4. The Morgan fingerprint density at radius 1 is 1.05 bits per heavy atom. The van der Waals surface area contributed by atoms with E-state index in [9.17, 15) is 4.39 Å². The molecule has 0 bridgehead atoms. The third kappa shape index (κ3) is 3.17. The predicted octanol–water partition coefficient (Wildman–Crippen LogP) is 4.26. The lowest BCUT2D eigenvalue weighted by molar-refractivity contribution is 0.438. The molecule has 0 unspecified atom stereocenters. The second-order valence-corrected chi connectivity index (χ2v) is 5.10. The third-order valence-electron chi connectivity index (χ3n) is 3.36. The van der Waals surface area contributed by atoms with Gasteiger partial charge in [0.25, 0.3) is 0 Å². The molecule has 20 heavy (non-hydrogen) atoms. The molecule has 106 valence electrons. The van der Waals surface area contributed by atoms with Gasteiger partial charge in [-0.25, -0.2) is 4.39 Å². The van der Waals surface area contributed by atoms with Crippen LogP contribution < -0.4 is 10.1 Å². The van der Waals surface area contributed by atoms with Crippen LogP contribution in [0.1, 0.15) is 22.3 Å². The van der Waals surface area contributed by atoms with Gasteiger partial charge in [-0.1, -0.05) is 12.1 Å². The Balaban J connectivity index is 2.31. The minimum Gasteiger partial charge on any atom is -0.454 e. The van der Waals surface area contributed by atoms with Crippen LogP contribution in [0.4, 0.5) is 4.39 Å². The van der Waals surface area contributed by atoms with Gasteiger partial charge in [-0.05, 0) is 68.3 Å². The fraction of sp³-hybridized carbons (Fsp3) is 0.294. The summed E-state index contributed by atoms with van der Waals surface area (Å²) in [5, 5.41) is 3.00. The minimum absolute atomic E-state index is 0.262. The lowest BCUT2D eigenvalue weighted by atomic mass is 10.1. The minimum atomic E-state index is -0.337. The number of hydrogen-bond acceptors (Lipinski definition) is 2. The molecule has 0 aromatic heterocycles. The molecule has 0 aliphatic rings. The van der Waals surface area contributed by atoms with Crippen LogP contribution in [-0.2, 0) is 6.54 Å². The van der Waals surface area contributed by atoms with E-state index in [0.717, 1.165) is 22.3 Å². The number of ether oxygens (including phenoxy) is 1. The first-order chi connectivity index (χ1) is 9.51. The maximum absolute atomic E-state index is 14.0. The lowest BCUT2D eigenvalue weighted by Gasteiger charge is -2.13. The summed E-state index contributed by atoms with van der Waals surface area (Å²) in [5.74, 6) is 0.636. The Morgan fingerprint density at radius 3 is 2.45 bits per heavy atom. The highest BCUT2D eigenvalue weighted by atomic mass is 19.1. The molecule has 0 radical (unpaired) electrons. The summed E-state index contributed by atoms with van der Waals surface area (Å²) in [4.78, 5) is 0. The number of benzene rings is 2. The summed E-state index contributed by atoms with van der Waals surface area (Å²) in [6, 6.07) is 9.08. The average Bonchev–Trinajstić information content (AvgIpc) is 2.38. The van der Waals surface area contributed by atoms with E-state index in [4.69, 9.17) is 4.74 Å². The van der Waals surface area contributed by atoms with Crippen molar-refractivity contribution in [3.05, 3.63) is 58.4 Å². The van der Waals surface area contributed by atoms with Crippen molar-refractivity contribution in [3.8, 4) is 11.5 Å². The van der Waals surface area contributed by atoms with Crippen molar-refractivity contribution in [1.29, 1.82) is 0 Å². The molecule has 0 amide bonds. The van der Waals surface area contributed by atoms with Gasteiger partial charge < -0.3 is 10.1 Å².